The maximum absolute atomic E-state index is 5.73. The van der Waals surface area contributed by atoms with E-state index in [1.165, 1.54) is 4.88 Å². The summed E-state index contributed by atoms with van der Waals surface area (Å²) in [5.41, 5.74) is 2.95. The lowest BCUT2D eigenvalue weighted by Crippen LogP contribution is -2.36. The average molecular weight is 305 g/mol. The van der Waals surface area contributed by atoms with Crippen molar-refractivity contribution in [3.05, 3.63) is 20.8 Å². The Morgan fingerprint density at radius 1 is 1.75 bits per heavy atom. The van der Waals surface area contributed by atoms with Crippen LogP contribution in [0, 0.1) is 5.92 Å². The van der Waals surface area contributed by atoms with Crippen LogP contribution in [0.5, 0.6) is 0 Å². The molecule has 3 unspecified atom stereocenters. The molecular formula is C11H17BrN2OS. The van der Waals surface area contributed by atoms with E-state index in [0.717, 1.165) is 23.9 Å². The quantitative estimate of drug-likeness (QED) is 0.664. The Morgan fingerprint density at radius 2 is 2.56 bits per heavy atom. The number of nitrogens with two attached hydrogens (primary N) is 1. The highest BCUT2D eigenvalue weighted by Crippen LogP contribution is 2.39. The molecule has 1 saturated heterocycles. The van der Waals surface area contributed by atoms with Gasteiger partial charge in [0.1, 0.15) is 0 Å². The van der Waals surface area contributed by atoms with Crippen LogP contribution < -0.4 is 11.3 Å². The van der Waals surface area contributed by atoms with E-state index in [0.29, 0.717) is 12.0 Å². The van der Waals surface area contributed by atoms with Crippen LogP contribution in [0.3, 0.4) is 0 Å². The predicted octanol–water partition coefficient (Wildman–Crippen LogP) is 2.83. The van der Waals surface area contributed by atoms with Crippen LogP contribution in [0.15, 0.2) is 15.9 Å². The highest BCUT2D eigenvalue weighted by Gasteiger charge is 2.35. The molecule has 0 aromatic carbocycles. The fraction of sp³-hybridized carbons (Fsp3) is 0.636. The van der Waals surface area contributed by atoms with Gasteiger partial charge in [0.05, 0.1) is 12.1 Å². The molecular weight excluding hydrogens is 288 g/mol. The number of rotatable bonds is 4. The molecule has 2 rings (SSSR count). The molecule has 16 heavy (non-hydrogen) atoms. The zero-order valence-electron chi connectivity index (χ0n) is 9.28. The van der Waals surface area contributed by atoms with E-state index in [9.17, 15) is 0 Å². The molecule has 90 valence electrons. The lowest BCUT2D eigenvalue weighted by Gasteiger charge is -2.26. The number of nitrogens with one attached hydrogen (secondary N) is 1. The number of hydrogen-bond donors (Lipinski definition) is 2. The molecule has 1 aromatic rings. The van der Waals surface area contributed by atoms with Crippen molar-refractivity contribution in [3.63, 3.8) is 0 Å². The van der Waals surface area contributed by atoms with E-state index >= 15 is 0 Å². The minimum absolute atomic E-state index is 0.196. The van der Waals surface area contributed by atoms with Gasteiger partial charge < -0.3 is 4.74 Å². The summed E-state index contributed by atoms with van der Waals surface area (Å²) in [5, 5.41) is 2.08. The van der Waals surface area contributed by atoms with Crippen LogP contribution in [-0.4, -0.2) is 12.7 Å². The summed E-state index contributed by atoms with van der Waals surface area (Å²) >= 11 is 5.31. The predicted molar refractivity (Wildman–Crippen MR) is 70.2 cm³/mol. The van der Waals surface area contributed by atoms with E-state index in [1.807, 2.05) is 0 Å². The molecule has 3 atom stereocenters. The van der Waals surface area contributed by atoms with Crippen molar-refractivity contribution in [3.8, 4) is 0 Å². The van der Waals surface area contributed by atoms with Gasteiger partial charge >= 0.3 is 0 Å². The molecule has 0 bridgehead atoms. The van der Waals surface area contributed by atoms with Gasteiger partial charge in [-0.15, -0.1) is 11.3 Å². The van der Waals surface area contributed by atoms with E-state index in [4.69, 9.17) is 10.6 Å². The normalized spacial score (nSPS) is 27.2. The summed E-state index contributed by atoms with van der Waals surface area (Å²) in [6, 6.07) is 2.27. The smallest absolute Gasteiger partial charge is 0.0620 e. The van der Waals surface area contributed by atoms with Gasteiger partial charge in [-0.3, -0.25) is 11.3 Å². The minimum Gasteiger partial charge on any atom is -0.378 e. The van der Waals surface area contributed by atoms with Crippen LogP contribution in [0.4, 0.5) is 0 Å². The van der Waals surface area contributed by atoms with Crippen LogP contribution in [0.25, 0.3) is 0 Å². The van der Waals surface area contributed by atoms with E-state index < -0.39 is 0 Å². The van der Waals surface area contributed by atoms with E-state index in [2.05, 4.69) is 39.7 Å². The van der Waals surface area contributed by atoms with Gasteiger partial charge in [-0.1, -0.05) is 6.92 Å². The first kappa shape index (κ1) is 12.5. The minimum atomic E-state index is 0.196. The first-order valence-corrected chi connectivity index (χ1v) is 7.25. The standard InChI is InChI=1S/C11H17BrN2OS/c1-2-9-7(3-5-15-9)10(14-13)11-8(12)4-6-16-11/h4,6-7,9-10,14H,2-3,5,13H2,1H3. The van der Waals surface area contributed by atoms with Crippen LogP contribution in [0.2, 0.25) is 0 Å². The molecule has 3 nitrogen and oxygen atoms in total. The SMILES string of the molecule is CCC1OCCC1C(NN)c1sccc1Br. The summed E-state index contributed by atoms with van der Waals surface area (Å²) in [5.74, 6) is 6.19. The Labute approximate surface area is 108 Å². The molecule has 1 aliphatic heterocycles. The fourth-order valence-electron chi connectivity index (χ4n) is 2.39. The molecule has 0 saturated carbocycles. The summed E-state index contributed by atoms with van der Waals surface area (Å²) in [4.78, 5) is 1.27. The van der Waals surface area contributed by atoms with Gasteiger partial charge in [0.25, 0.3) is 0 Å². The van der Waals surface area contributed by atoms with Crippen LogP contribution >= 0.6 is 27.3 Å². The largest absolute Gasteiger partial charge is 0.378 e. The Balaban J connectivity index is 2.19. The third-order valence-electron chi connectivity index (χ3n) is 3.20. The Morgan fingerprint density at radius 3 is 3.12 bits per heavy atom. The van der Waals surface area contributed by atoms with Crippen molar-refractivity contribution in [1.82, 2.24) is 5.43 Å². The summed E-state index contributed by atoms with van der Waals surface area (Å²) < 4.78 is 6.87. The van der Waals surface area contributed by atoms with Gasteiger partial charge in [-0.05, 0) is 40.2 Å². The summed E-state index contributed by atoms with van der Waals surface area (Å²) in [7, 11) is 0. The number of hydrogen-bond acceptors (Lipinski definition) is 4. The fourth-order valence-corrected chi connectivity index (χ4v) is 4.14. The zero-order chi connectivity index (χ0) is 11.5. The molecule has 0 amide bonds. The summed E-state index contributed by atoms with van der Waals surface area (Å²) in [6.45, 7) is 3.02. The molecule has 0 radical (unpaired) electrons. The second kappa shape index (κ2) is 5.60. The third kappa shape index (κ3) is 2.33. The van der Waals surface area contributed by atoms with E-state index in [1.54, 1.807) is 11.3 Å². The molecule has 0 spiro atoms. The maximum atomic E-state index is 5.73. The number of halogens is 1. The Bertz CT molecular complexity index is 344. The zero-order valence-corrected chi connectivity index (χ0v) is 11.7. The van der Waals surface area contributed by atoms with Crippen molar-refractivity contribution in [2.24, 2.45) is 11.8 Å². The number of thiophene rings is 1. The first-order chi connectivity index (χ1) is 7.77. The Hall–Kier alpha value is 0.0600. The van der Waals surface area contributed by atoms with Gasteiger partial charge in [0, 0.05) is 21.9 Å². The van der Waals surface area contributed by atoms with E-state index in [-0.39, 0.29) is 6.04 Å². The molecule has 3 N–H and O–H groups in total. The Kier molecular flexibility index (Phi) is 4.38. The third-order valence-corrected chi connectivity index (χ3v) is 5.15. The van der Waals surface area contributed by atoms with Crippen molar-refractivity contribution in [2.45, 2.75) is 31.9 Å². The lowest BCUT2D eigenvalue weighted by atomic mass is 9.91. The first-order valence-electron chi connectivity index (χ1n) is 5.58. The summed E-state index contributed by atoms with van der Waals surface area (Å²) in [6.07, 6.45) is 2.46. The van der Waals surface area contributed by atoms with Gasteiger partial charge in [0.2, 0.25) is 0 Å². The highest BCUT2D eigenvalue weighted by molar-refractivity contribution is 9.10. The second-order valence-electron chi connectivity index (χ2n) is 4.05. The highest BCUT2D eigenvalue weighted by atomic mass is 79.9. The van der Waals surface area contributed by atoms with Gasteiger partial charge in [0.15, 0.2) is 0 Å². The lowest BCUT2D eigenvalue weighted by molar-refractivity contribution is 0.0777. The average Bonchev–Trinajstić information content (AvgIpc) is 2.90. The van der Waals surface area contributed by atoms with Crippen molar-refractivity contribution >= 4 is 27.3 Å². The monoisotopic (exact) mass is 304 g/mol. The van der Waals surface area contributed by atoms with Crippen molar-refractivity contribution in [2.75, 3.05) is 6.61 Å². The van der Waals surface area contributed by atoms with Gasteiger partial charge in [-0.2, -0.15) is 0 Å². The number of hydrazine groups is 1. The van der Waals surface area contributed by atoms with Crippen molar-refractivity contribution < 1.29 is 4.74 Å². The topological polar surface area (TPSA) is 47.3 Å². The molecule has 0 aliphatic carbocycles. The molecule has 1 fully saturated rings. The molecule has 5 heteroatoms. The molecule has 2 heterocycles. The van der Waals surface area contributed by atoms with Crippen LogP contribution in [-0.2, 0) is 4.74 Å². The second-order valence-corrected chi connectivity index (χ2v) is 5.85. The number of ether oxygens (including phenoxy) is 1. The maximum Gasteiger partial charge on any atom is 0.0620 e. The van der Waals surface area contributed by atoms with Gasteiger partial charge in [-0.25, -0.2) is 0 Å². The van der Waals surface area contributed by atoms with Crippen molar-refractivity contribution in [1.29, 1.82) is 0 Å². The molecule has 1 aromatic heterocycles. The van der Waals surface area contributed by atoms with Crippen LogP contribution in [0.1, 0.15) is 30.7 Å². The molecule has 1 aliphatic rings.